The van der Waals surface area contributed by atoms with E-state index < -0.39 is 10.8 Å². The summed E-state index contributed by atoms with van der Waals surface area (Å²) in [4.78, 5) is 5.03. The number of anilines is 6. The Hall–Kier alpha value is -9.76. The molecule has 0 aromatic heterocycles. The Labute approximate surface area is 454 Å². The average Bonchev–Trinajstić information content (AvgIpc) is 3.49. The van der Waals surface area contributed by atoms with Crippen molar-refractivity contribution in [3.05, 3.63) is 301 Å². The predicted molar refractivity (Wildman–Crippen MR) is 331 cm³/mol. The molecule has 14 aromatic carbocycles. The van der Waals surface area contributed by atoms with Crippen LogP contribution in [0.1, 0.15) is 36.1 Å². The number of benzene rings is 14. The van der Waals surface area contributed by atoms with Gasteiger partial charge in [-0.1, -0.05) is 232 Å². The smallest absolute Gasteiger partial charge is 0.0543 e. The third-order valence-electron chi connectivity index (χ3n) is 18.1. The van der Waals surface area contributed by atoms with Crippen LogP contribution in [0.15, 0.2) is 279 Å². The van der Waals surface area contributed by atoms with Gasteiger partial charge in [0.05, 0.1) is 11.4 Å². The van der Waals surface area contributed by atoms with Gasteiger partial charge in [-0.05, 0) is 159 Å². The SMILES string of the molecule is CC1(C2(C)c3ccccc3-c3c2cc(N(c2ccccc2)c2ccc4ccc5ccccc5c4c2)c2ccccc32)c2ccccc2-c2c1cc(N(c1ccccc1)c1ccc3ccc4ccccc4c3c1)c1ccccc21. The summed E-state index contributed by atoms with van der Waals surface area (Å²) in [6.07, 6.45) is 0. The first-order valence-corrected chi connectivity index (χ1v) is 27.3. The molecule has 2 atom stereocenters. The van der Waals surface area contributed by atoms with Gasteiger partial charge < -0.3 is 9.80 Å². The Balaban J connectivity index is 0.991. The lowest BCUT2D eigenvalue weighted by Crippen LogP contribution is -2.44. The first-order chi connectivity index (χ1) is 38.5. The second-order valence-electron chi connectivity index (χ2n) is 21.8. The summed E-state index contributed by atoms with van der Waals surface area (Å²) in [5.74, 6) is 0. The average molecular weight is 993 g/mol. The van der Waals surface area contributed by atoms with Gasteiger partial charge in [-0.2, -0.15) is 0 Å². The fourth-order valence-corrected chi connectivity index (χ4v) is 14.4. The lowest BCUT2D eigenvalue weighted by molar-refractivity contribution is 0.376. The summed E-state index contributed by atoms with van der Waals surface area (Å²) in [5.41, 5.74) is 16.2. The van der Waals surface area contributed by atoms with Gasteiger partial charge in [0.2, 0.25) is 0 Å². The number of hydrogen-bond donors (Lipinski definition) is 0. The highest BCUT2D eigenvalue weighted by molar-refractivity contribution is 6.15. The number of para-hydroxylation sites is 2. The molecule has 2 heteroatoms. The Bertz CT molecular complexity index is 4480. The van der Waals surface area contributed by atoms with Crippen LogP contribution in [0.2, 0.25) is 0 Å². The van der Waals surface area contributed by atoms with Crippen molar-refractivity contribution in [1.29, 1.82) is 0 Å². The van der Waals surface area contributed by atoms with Crippen molar-refractivity contribution in [1.82, 2.24) is 0 Å². The molecule has 0 aliphatic heterocycles. The van der Waals surface area contributed by atoms with Crippen LogP contribution in [0, 0.1) is 0 Å². The molecule has 0 bridgehead atoms. The maximum Gasteiger partial charge on any atom is 0.0543 e. The molecule has 0 N–H and O–H groups in total. The summed E-state index contributed by atoms with van der Waals surface area (Å²) in [5, 5.41) is 14.9. The quantitative estimate of drug-likeness (QED) is 0.147. The van der Waals surface area contributed by atoms with E-state index in [0.29, 0.717) is 0 Å². The first-order valence-electron chi connectivity index (χ1n) is 27.3. The van der Waals surface area contributed by atoms with Crippen LogP contribution in [0.4, 0.5) is 34.1 Å². The maximum absolute atomic E-state index is 2.58. The van der Waals surface area contributed by atoms with Gasteiger partial charge in [0.1, 0.15) is 0 Å². The largest absolute Gasteiger partial charge is 0.310 e. The van der Waals surface area contributed by atoms with E-state index in [-0.39, 0.29) is 0 Å². The van der Waals surface area contributed by atoms with E-state index in [4.69, 9.17) is 0 Å². The van der Waals surface area contributed by atoms with Crippen LogP contribution in [0.5, 0.6) is 0 Å². The number of hydrogen-bond acceptors (Lipinski definition) is 2. The Morgan fingerprint density at radius 3 is 0.974 bits per heavy atom. The van der Waals surface area contributed by atoms with E-state index >= 15 is 0 Å². The lowest BCUT2D eigenvalue weighted by atomic mass is 9.56. The van der Waals surface area contributed by atoms with Gasteiger partial charge in [-0.25, -0.2) is 0 Å². The number of rotatable bonds is 7. The third kappa shape index (κ3) is 6.20. The molecule has 2 aliphatic rings. The van der Waals surface area contributed by atoms with Crippen LogP contribution >= 0.6 is 0 Å². The topological polar surface area (TPSA) is 6.48 Å². The minimum absolute atomic E-state index is 0.583. The third-order valence-corrected chi connectivity index (χ3v) is 18.1. The summed E-state index contributed by atoms with van der Waals surface area (Å²) >= 11 is 0. The normalized spacial score (nSPS) is 16.2. The van der Waals surface area contributed by atoms with Gasteiger partial charge in [0.15, 0.2) is 0 Å². The van der Waals surface area contributed by atoms with E-state index in [2.05, 4.69) is 303 Å². The monoisotopic (exact) mass is 992 g/mol. The van der Waals surface area contributed by atoms with Crippen molar-refractivity contribution >= 4 is 98.8 Å². The van der Waals surface area contributed by atoms with E-state index in [1.165, 1.54) is 109 Å². The molecule has 16 rings (SSSR count). The van der Waals surface area contributed by atoms with E-state index in [1.54, 1.807) is 0 Å². The molecule has 366 valence electrons. The maximum atomic E-state index is 2.58. The zero-order valence-corrected chi connectivity index (χ0v) is 43.5. The van der Waals surface area contributed by atoms with Crippen molar-refractivity contribution < 1.29 is 0 Å². The summed E-state index contributed by atoms with van der Waals surface area (Å²) < 4.78 is 0. The summed E-state index contributed by atoms with van der Waals surface area (Å²) in [6.45, 7) is 5.13. The zero-order valence-electron chi connectivity index (χ0n) is 43.5. The molecule has 0 radical (unpaired) electrons. The predicted octanol–water partition coefficient (Wildman–Crippen LogP) is 20.8. The second kappa shape index (κ2) is 16.9. The van der Waals surface area contributed by atoms with Gasteiger partial charge >= 0.3 is 0 Å². The van der Waals surface area contributed by atoms with Crippen molar-refractivity contribution in [3.63, 3.8) is 0 Å². The molecule has 0 saturated carbocycles. The molecule has 2 unspecified atom stereocenters. The van der Waals surface area contributed by atoms with Crippen LogP contribution in [-0.2, 0) is 10.8 Å². The van der Waals surface area contributed by atoms with Crippen molar-refractivity contribution in [3.8, 4) is 22.3 Å². The van der Waals surface area contributed by atoms with Gasteiger partial charge in [-0.15, -0.1) is 0 Å². The van der Waals surface area contributed by atoms with E-state index in [9.17, 15) is 0 Å². The molecule has 0 saturated heterocycles. The molecule has 14 aromatic rings. The molecular formula is C76H52N2. The minimum atomic E-state index is -0.583. The van der Waals surface area contributed by atoms with Gasteiger partial charge in [0, 0.05) is 44.4 Å². The highest BCUT2D eigenvalue weighted by Crippen LogP contribution is 2.68. The Morgan fingerprint density at radius 2 is 0.551 bits per heavy atom. The first kappa shape index (κ1) is 44.5. The van der Waals surface area contributed by atoms with Crippen LogP contribution in [0.25, 0.3) is 86.9 Å². The molecule has 0 amide bonds. The van der Waals surface area contributed by atoms with E-state index in [1.807, 2.05) is 0 Å². The summed E-state index contributed by atoms with van der Waals surface area (Å²) in [7, 11) is 0. The molecular weight excluding hydrogens is 941 g/mol. The van der Waals surface area contributed by atoms with Crippen LogP contribution < -0.4 is 9.80 Å². The Kier molecular flexibility index (Phi) is 9.63. The molecule has 0 fully saturated rings. The molecule has 2 nitrogen and oxygen atoms in total. The number of nitrogens with zero attached hydrogens (tertiary/aromatic N) is 2. The van der Waals surface area contributed by atoms with Crippen molar-refractivity contribution in [2.45, 2.75) is 24.7 Å². The molecule has 0 heterocycles. The van der Waals surface area contributed by atoms with Crippen molar-refractivity contribution in [2.24, 2.45) is 0 Å². The van der Waals surface area contributed by atoms with Crippen LogP contribution in [0.3, 0.4) is 0 Å². The molecule has 78 heavy (non-hydrogen) atoms. The zero-order chi connectivity index (χ0) is 51.7. The fraction of sp³-hybridized carbons (Fsp3) is 0.0526. The van der Waals surface area contributed by atoms with Gasteiger partial charge in [-0.3, -0.25) is 0 Å². The highest BCUT2D eigenvalue weighted by Gasteiger charge is 2.58. The van der Waals surface area contributed by atoms with Crippen LogP contribution in [-0.4, -0.2) is 0 Å². The molecule has 2 aliphatic carbocycles. The fourth-order valence-electron chi connectivity index (χ4n) is 14.4. The second-order valence-corrected chi connectivity index (χ2v) is 21.8. The van der Waals surface area contributed by atoms with E-state index in [0.717, 1.165) is 34.1 Å². The summed E-state index contributed by atoms with van der Waals surface area (Å²) in [6, 6.07) is 105. The Morgan fingerprint density at radius 1 is 0.231 bits per heavy atom. The standard InChI is InChI=1S/C76H52N2/c1-75(67-35-19-17-33-63(67)73-61-31-15-13-29-59(61)71(47-69(73)75)77(53-23-5-3-6-24-53)55-43-41-51-39-37-49-21-9-11-27-57(49)65(51)45-55)76(2)68-36-20-18-34-64(68)74-62-32-16-14-30-60(62)72(48-70(74)76)78(54-25-7-4-8-26-54)56-44-42-52-40-38-50-22-10-12-28-58(50)66(52)46-56/h3-48H,1-2H3. The highest BCUT2D eigenvalue weighted by atomic mass is 15.2. The lowest BCUT2D eigenvalue weighted by Gasteiger charge is -2.46. The number of fused-ring (bicyclic) bond motifs is 16. The minimum Gasteiger partial charge on any atom is -0.310 e. The molecule has 0 spiro atoms. The van der Waals surface area contributed by atoms with Gasteiger partial charge in [0.25, 0.3) is 0 Å². The van der Waals surface area contributed by atoms with Crippen molar-refractivity contribution in [2.75, 3.05) is 9.80 Å².